The van der Waals surface area contributed by atoms with Crippen LogP contribution in [0.15, 0.2) is 6.33 Å². The van der Waals surface area contributed by atoms with Crippen molar-refractivity contribution < 1.29 is 4.74 Å². The van der Waals surface area contributed by atoms with Gasteiger partial charge in [-0.15, -0.1) is 0 Å². The Morgan fingerprint density at radius 1 is 1.40 bits per heavy atom. The Labute approximate surface area is 122 Å². The highest BCUT2D eigenvalue weighted by Crippen LogP contribution is 2.12. The van der Waals surface area contributed by atoms with Gasteiger partial charge in [-0.2, -0.15) is 5.10 Å². The van der Waals surface area contributed by atoms with Gasteiger partial charge in [0.15, 0.2) is 0 Å². The van der Waals surface area contributed by atoms with Crippen LogP contribution in [0.25, 0.3) is 0 Å². The minimum atomic E-state index is 0.0602. The molecular weight excluding hydrogens is 254 g/mol. The lowest BCUT2D eigenvalue weighted by molar-refractivity contribution is 0.0274. The average Bonchev–Trinajstić information content (AvgIpc) is 2.82. The third-order valence-electron chi connectivity index (χ3n) is 3.25. The highest BCUT2D eigenvalue weighted by Gasteiger charge is 2.22. The van der Waals surface area contributed by atoms with Crippen LogP contribution < -0.4 is 11.3 Å². The first-order chi connectivity index (χ1) is 9.62. The van der Waals surface area contributed by atoms with Crippen molar-refractivity contribution in [2.45, 2.75) is 65.6 Å². The van der Waals surface area contributed by atoms with Gasteiger partial charge in [0, 0.05) is 19.6 Å². The second-order valence-corrected chi connectivity index (χ2v) is 5.51. The zero-order valence-corrected chi connectivity index (χ0v) is 13.2. The van der Waals surface area contributed by atoms with Gasteiger partial charge in [-0.05, 0) is 19.3 Å². The molecule has 6 heteroatoms. The third-order valence-corrected chi connectivity index (χ3v) is 3.25. The van der Waals surface area contributed by atoms with Crippen LogP contribution in [0.2, 0.25) is 0 Å². The number of hydrogen-bond acceptors (Lipinski definition) is 5. The molecule has 0 bridgehead atoms. The highest BCUT2D eigenvalue weighted by atomic mass is 16.5. The molecule has 1 aromatic rings. The Morgan fingerprint density at radius 2 is 2.15 bits per heavy atom. The maximum atomic E-state index is 5.81. The third kappa shape index (κ3) is 5.19. The van der Waals surface area contributed by atoms with Crippen LogP contribution in [-0.2, 0) is 17.7 Å². The van der Waals surface area contributed by atoms with E-state index in [9.17, 15) is 0 Å². The molecule has 1 heterocycles. The second-order valence-electron chi connectivity index (χ2n) is 5.51. The van der Waals surface area contributed by atoms with Crippen molar-refractivity contribution in [1.29, 1.82) is 0 Å². The van der Waals surface area contributed by atoms with E-state index in [0.717, 1.165) is 31.6 Å². The number of hydrazine groups is 1. The van der Waals surface area contributed by atoms with E-state index in [1.807, 2.05) is 11.6 Å². The number of ether oxygens (including phenoxy) is 1. The quantitative estimate of drug-likeness (QED) is 0.503. The van der Waals surface area contributed by atoms with Crippen molar-refractivity contribution in [3.63, 3.8) is 0 Å². The fraction of sp³-hybridized carbons (Fsp3) is 0.857. The molecule has 0 aliphatic carbocycles. The van der Waals surface area contributed by atoms with E-state index in [0.29, 0.717) is 12.5 Å². The Bertz CT molecular complexity index is 360. The molecule has 1 rings (SSSR count). The van der Waals surface area contributed by atoms with Gasteiger partial charge in [0.25, 0.3) is 0 Å². The number of nitrogens with two attached hydrogens (primary N) is 1. The second kappa shape index (κ2) is 9.05. The van der Waals surface area contributed by atoms with E-state index in [2.05, 4.69) is 36.3 Å². The van der Waals surface area contributed by atoms with E-state index in [1.165, 1.54) is 0 Å². The maximum Gasteiger partial charge on any atom is 0.138 e. The number of rotatable bonds is 10. The molecule has 2 atom stereocenters. The molecule has 0 fully saturated rings. The molecule has 0 aliphatic rings. The van der Waals surface area contributed by atoms with Gasteiger partial charge in [0.05, 0.1) is 12.1 Å². The molecule has 6 nitrogen and oxygen atoms in total. The van der Waals surface area contributed by atoms with Crippen LogP contribution >= 0.6 is 0 Å². The van der Waals surface area contributed by atoms with Crippen molar-refractivity contribution in [2.75, 3.05) is 6.61 Å². The Morgan fingerprint density at radius 3 is 2.70 bits per heavy atom. The minimum absolute atomic E-state index is 0.0602. The lowest BCUT2D eigenvalue weighted by Crippen LogP contribution is -2.47. The lowest BCUT2D eigenvalue weighted by atomic mass is 10.0. The standard InChI is InChI=1S/C14H29N5O/c1-5-7-13(20-6-2)12(18-15)8-14-16-10-17-19(14)9-11(3)4/h10-13,18H,5-9,15H2,1-4H3. The molecule has 0 spiro atoms. The topological polar surface area (TPSA) is 78.0 Å². The van der Waals surface area contributed by atoms with E-state index >= 15 is 0 Å². The summed E-state index contributed by atoms with van der Waals surface area (Å²) in [7, 11) is 0. The average molecular weight is 283 g/mol. The van der Waals surface area contributed by atoms with Gasteiger partial charge in [-0.25, -0.2) is 9.67 Å². The summed E-state index contributed by atoms with van der Waals surface area (Å²) in [5.74, 6) is 7.22. The molecule has 20 heavy (non-hydrogen) atoms. The molecule has 0 saturated carbocycles. The number of aromatic nitrogens is 3. The Kier molecular flexibility index (Phi) is 7.72. The van der Waals surface area contributed by atoms with Gasteiger partial charge >= 0.3 is 0 Å². The van der Waals surface area contributed by atoms with E-state index in [4.69, 9.17) is 10.6 Å². The van der Waals surface area contributed by atoms with Crippen molar-refractivity contribution in [2.24, 2.45) is 11.8 Å². The predicted octanol–water partition coefficient (Wildman–Crippen LogP) is 1.51. The van der Waals surface area contributed by atoms with E-state index in [1.54, 1.807) is 6.33 Å². The number of nitrogens with one attached hydrogen (secondary N) is 1. The first-order valence-corrected chi connectivity index (χ1v) is 7.56. The summed E-state index contributed by atoms with van der Waals surface area (Å²) in [6, 6.07) is 0.0602. The van der Waals surface area contributed by atoms with Crippen LogP contribution in [0.3, 0.4) is 0 Å². The summed E-state index contributed by atoms with van der Waals surface area (Å²) < 4.78 is 7.77. The molecule has 0 saturated heterocycles. The van der Waals surface area contributed by atoms with Gasteiger partial charge in [-0.1, -0.05) is 27.2 Å². The van der Waals surface area contributed by atoms with Gasteiger partial charge in [0.1, 0.15) is 12.2 Å². The van der Waals surface area contributed by atoms with Crippen LogP contribution in [0.4, 0.5) is 0 Å². The summed E-state index contributed by atoms with van der Waals surface area (Å²) in [6.07, 6.45) is 4.51. The first-order valence-electron chi connectivity index (χ1n) is 7.56. The summed E-state index contributed by atoms with van der Waals surface area (Å²) in [6.45, 7) is 10.1. The zero-order valence-electron chi connectivity index (χ0n) is 13.2. The molecule has 0 amide bonds. The normalized spacial score (nSPS) is 14.7. The number of nitrogens with zero attached hydrogens (tertiary/aromatic N) is 3. The fourth-order valence-corrected chi connectivity index (χ4v) is 2.34. The van der Waals surface area contributed by atoms with Gasteiger partial charge in [0.2, 0.25) is 0 Å². The maximum absolute atomic E-state index is 5.81. The molecule has 0 aliphatic heterocycles. The molecule has 0 radical (unpaired) electrons. The minimum Gasteiger partial charge on any atom is -0.377 e. The molecule has 0 aromatic carbocycles. The first kappa shape index (κ1) is 17.1. The largest absolute Gasteiger partial charge is 0.377 e. The van der Waals surface area contributed by atoms with E-state index in [-0.39, 0.29) is 12.1 Å². The number of hydrogen-bond donors (Lipinski definition) is 2. The van der Waals surface area contributed by atoms with Crippen LogP contribution in [-0.4, -0.2) is 33.5 Å². The summed E-state index contributed by atoms with van der Waals surface area (Å²) in [4.78, 5) is 4.36. The summed E-state index contributed by atoms with van der Waals surface area (Å²) in [5.41, 5.74) is 2.88. The molecule has 1 aromatic heterocycles. The van der Waals surface area contributed by atoms with Gasteiger partial charge in [-0.3, -0.25) is 11.3 Å². The molecular formula is C14H29N5O. The molecule has 3 N–H and O–H groups in total. The van der Waals surface area contributed by atoms with Crippen LogP contribution in [0.1, 0.15) is 46.4 Å². The van der Waals surface area contributed by atoms with E-state index < -0.39 is 0 Å². The SMILES string of the molecule is CCCC(OCC)C(Cc1ncnn1CC(C)C)NN. The lowest BCUT2D eigenvalue weighted by Gasteiger charge is -2.26. The summed E-state index contributed by atoms with van der Waals surface area (Å²) in [5, 5.41) is 4.29. The monoisotopic (exact) mass is 283 g/mol. The van der Waals surface area contributed by atoms with Crippen molar-refractivity contribution in [3.05, 3.63) is 12.2 Å². The summed E-state index contributed by atoms with van der Waals surface area (Å²) >= 11 is 0. The zero-order chi connectivity index (χ0) is 15.0. The Balaban J connectivity index is 2.73. The highest BCUT2D eigenvalue weighted by molar-refractivity contribution is 4.92. The Hall–Kier alpha value is -0.980. The fourth-order valence-electron chi connectivity index (χ4n) is 2.34. The van der Waals surface area contributed by atoms with Crippen molar-refractivity contribution >= 4 is 0 Å². The van der Waals surface area contributed by atoms with Crippen molar-refractivity contribution in [3.8, 4) is 0 Å². The predicted molar refractivity (Wildman–Crippen MR) is 80.0 cm³/mol. The molecule has 116 valence electrons. The van der Waals surface area contributed by atoms with Gasteiger partial charge < -0.3 is 4.74 Å². The molecule has 2 unspecified atom stereocenters. The smallest absolute Gasteiger partial charge is 0.138 e. The van der Waals surface area contributed by atoms with Crippen LogP contribution in [0.5, 0.6) is 0 Å². The van der Waals surface area contributed by atoms with Crippen LogP contribution in [0, 0.1) is 5.92 Å². The van der Waals surface area contributed by atoms with Crippen molar-refractivity contribution in [1.82, 2.24) is 20.2 Å².